The molecule has 0 aromatic rings. The molecule has 0 aromatic carbocycles. The third-order valence-corrected chi connectivity index (χ3v) is 3.53. The van der Waals surface area contributed by atoms with Gasteiger partial charge in [0.15, 0.2) is 0 Å². The lowest BCUT2D eigenvalue weighted by molar-refractivity contribution is 0.252. The Morgan fingerprint density at radius 1 is 1.14 bits per heavy atom. The largest absolute Gasteiger partial charge is 0.358 e. The van der Waals surface area contributed by atoms with E-state index in [1.807, 2.05) is 6.08 Å². The lowest BCUT2D eigenvalue weighted by Crippen LogP contribution is -2.21. The second-order valence-electron chi connectivity index (χ2n) is 4.61. The third-order valence-electron chi connectivity index (χ3n) is 3.53. The van der Waals surface area contributed by atoms with Crippen molar-refractivity contribution >= 4 is 0 Å². The predicted molar refractivity (Wildman–Crippen MR) is 61.5 cm³/mol. The molecule has 82 valence electrons. The van der Waals surface area contributed by atoms with Crippen molar-refractivity contribution in [3.63, 3.8) is 0 Å². The average molecular weight is 196 g/mol. The van der Waals surface area contributed by atoms with Crippen LogP contribution in [-0.2, 0) is 4.74 Å². The van der Waals surface area contributed by atoms with E-state index >= 15 is 0 Å². The van der Waals surface area contributed by atoms with Gasteiger partial charge in [0.05, 0.1) is 0 Å². The molecule has 0 N–H and O–H groups in total. The number of unbranched alkanes of at least 4 members (excludes halogenated alkanes) is 2. The van der Waals surface area contributed by atoms with Crippen LogP contribution in [0.4, 0.5) is 0 Å². The molecule has 0 bridgehead atoms. The minimum Gasteiger partial charge on any atom is -0.358 e. The van der Waals surface area contributed by atoms with E-state index in [1.54, 1.807) is 0 Å². The van der Waals surface area contributed by atoms with Gasteiger partial charge in [-0.15, -0.1) is 6.58 Å². The molecule has 1 heterocycles. The summed E-state index contributed by atoms with van der Waals surface area (Å²) in [5, 5.41) is 0. The second-order valence-corrected chi connectivity index (χ2v) is 4.61. The van der Waals surface area contributed by atoms with Gasteiger partial charge in [-0.1, -0.05) is 45.6 Å². The van der Waals surface area contributed by atoms with Gasteiger partial charge >= 0.3 is 0 Å². The first-order valence-electron chi connectivity index (χ1n) is 5.98. The van der Waals surface area contributed by atoms with Crippen LogP contribution in [0.5, 0.6) is 0 Å². The molecule has 1 fully saturated rings. The van der Waals surface area contributed by atoms with E-state index in [9.17, 15) is 0 Å². The zero-order chi connectivity index (χ0) is 10.7. The molecule has 1 aliphatic heterocycles. The lowest BCUT2D eigenvalue weighted by atomic mass is 9.85. The molecule has 1 rings (SSSR count). The quantitative estimate of drug-likeness (QED) is 0.441. The van der Waals surface area contributed by atoms with Crippen LogP contribution in [-0.4, -0.2) is 11.2 Å². The molecule has 1 nitrogen and oxygen atoms in total. The van der Waals surface area contributed by atoms with Crippen molar-refractivity contribution in [1.29, 1.82) is 0 Å². The van der Waals surface area contributed by atoms with Crippen LogP contribution in [0.3, 0.4) is 0 Å². The first-order valence-corrected chi connectivity index (χ1v) is 5.98. The highest BCUT2D eigenvalue weighted by Crippen LogP contribution is 2.55. The van der Waals surface area contributed by atoms with Gasteiger partial charge < -0.3 is 4.74 Å². The van der Waals surface area contributed by atoms with E-state index < -0.39 is 0 Å². The predicted octanol–water partition coefficient (Wildman–Crippen LogP) is 4.08. The zero-order valence-corrected chi connectivity index (χ0v) is 9.94. The minimum atomic E-state index is -0.0304. The van der Waals surface area contributed by atoms with Crippen LogP contribution in [0.25, 0.3) is 0 Å². The van der Waals surface area contributed by atoms with E-state index in [1.165, 1.54) is 38.5 Å². The maximum atomic E-state index is 5.93. The van der Waals surface area contributed by atoms with Crippen molar-refractivity contribution in [2.45, 2.75) is 70.5 Å². The molecule has 14 heavy (non-hydrogen) atoms. The summed E-state index contributed by atoms with van der Waals surface area (Å²) in [6, 6.07) is 0. The first-order chi connectivity index (χ1) is 6.64. The van der Waals surface area contributed by atoms with E-state index in [0.29, 0.717) is 0 Å². The van der Waals surface area contributed by atoms with Crippen molar-refractivity contribution in [2.24, 2.45) is 0 Å². The zero-order valence-electron chi connectivity index (χ0n) is 9.94. The summed E-state index contributed by atoms with van der Waals surface area (Å²) < 4.78 is 5.93. The Balaban J connectivity index is 2.51. The molecule has 1 unspecified atom stereocenters. The second kappa shape index (κ2) is 4.48. The van der Waals surface area contributed by atoms with E-state index in [-0.39, 0.29) is 11.2 Å². The summed E-state index contributed by atoms with van der Waals surface area (Å²) in [5.74, 6) is 0. The normalized spacial score (nSPS) is 28.8. The van der Waals surface area contributed by atoms with Crippen molar-refractivity contribution in [2.75, 3.05) is 0 Å². The van der Waals surface area contributed by atoms with E-state index in [4.69, 9.17) is 4.74 Å². The summed E-state index contributed by atoms with van der Waals surface area (Å²) in [5.41, 5.74) is 0.109. The van der Waals surface area contributed by atoms with Gasteiger partial charge in [0.2, 0.25) is 0 Å². The highest BCUT2D eigenvalue weighted by molar-refractivity contribution is 5.21. The SMILES string of the molecule is C=CC1(C)OC1(CCCC)CCCC. The van der Waals surface area contributed by atoms with Crippen LogP contribution in [0.2, 0.25) is 0 Å². The van der Waals surface area contributed by atoms with Gasteiger partial charge in [0, 0.05) is 0 Å². The maximum absolute atomic E-state index is 5.93. The molecule has 0 amide bonds. The van der Waals surface area contributed by atoms with Gasteiger partial charge in [0.1, 0.15) is 11.2 Å². The maximum Gasteiger partial charge on any atom is 0.113 e. The highest BCUT2D eigenvalue weighted by Gasteiger charge is 2.63. The smallest absolute Gasteiger partial charge is 0.113 e. The van der Waals surface area contributed by atoms with E-state index in [2.05, 4.69) is 27.4 Å². The summed E-state index contributed by atoms with van der Waals surface area (Å²) >= 11 is 0. The third kappa shape index (κ3) is 2.03. The molecular formula is C13H24O. The first kappa shape index (κ1) is 11.8. The Kier molecular flexibility index (Phi) is 3.77. The molecule has 1 aliphatic rings. The highest BCUT2D eigenvalue weighted by atomic mass is 16.6. The van der Waals surface area contributed by atoms with Crippen LogP contribution in [0.15, 0.2) is 12.7 Å². The Bertz CT molecular complexity index is 189. The summed E-state index contributed by atoms with van der Waals surface area (Å²) in [7, 11) is 0. The summed E-state index contributed by atoms with van der Waals surface area (Å²) in [4.78, 5) is 0. The Labute approximate surface area is 88.5 Å². The van der Waals surface area contributed by atoms with Gasteiger partial charge in [-0.3, -0.25) is 0 Å². The van der Waals surface area contributed by atoms with Gasteiger partial charge in [-0.05, 0) is 19.8 Å². The monoisotopic (exact) mass is 196 g/mol. The van der Waals surface area contributed by atoms with Crippen LogP contribution >= 0.6 is 0 Å². The summed E-state index contributed by atoms with van der Waals surface area (Å²) in [6.07, 6.45) is 9.44. The topological polar surface area (TPSA) is 12.5 Å². The fourth-order valence-corrected chi connectivity index (χ4v) is 2.26. The van der Waals surface area contributed by atoms with Crippen molar-refractivity contribution in [1.82, 2.24) is 0 Å². The molecule has 1 atom stereocenters. The fourth-order valence-electron chi connectivity index (χ4n) is 2.26. The number of hydrogen-bond donors (Lipinski definition) is 0. The molecule has 0 aliphatic carbocycles. The molecule has 1 saturated heterocycles. The van der Waals surface area contributed by atoms with Gasteiger partial charge in [-0.25, -0.2) is 0 Å². The van der Waals surface area contributed by atoms with Crippen molar-refractivity contribution in [3.05, 3.63) is 12.7 Å². The molecule has 0 aromatic heterocycles. The Morgan fingerprint density at radius 3 is 1.93 bits per heavy atom. The minimum absolute atomic E-state index is 0.0304. The van der Waals surface area contributed by atoms with Crippen molar-refractivity contribution < 1.29 is 4.74 Å². The lowest BCUT2D eigenvalue weighted by Gasteiger charge is -2.14. The number of rotatable bonds is 7. The molecule has 1 heteroatoms. The Hall–Kier alpha value is -0.300. The van der Waals surface area contributed by atoms with Crippen LogP contribution < -0.4 is 0 Å². The molecule has 0 radical (unpaired) electrons. The van der Waals surface area contributed by atoms with Crippen molar-refractivity contribution in [3.8, 4) is 0 Å². The fraction of sp³-hybridized carbons (Fsp3) is 0.846. The van der Waals surface area contributed by atoms with Crippen LogP contribution in [0.1, 0.15) is 59.3 Å². The number of hydrogen-bond acceptors (Lipinski definition) is 1. The Morgan fingerprint density at radius 2 is 1.64 bits per heavy atom. The standard InChI is InChI=1S/C13H24O/c1-5-8-10-13(11-9-6-2)12(4,7-3)14-13/h7H,3,5-6,8-11H2,1-2,4H3. The van der Waals surface area contributed by atoms with Gasteiger partial charge in [-0.2, -0.15) is 0 Å². The molecular weight excluding hydrogens is 172 g/mol. The molecule has 0 spiro atoms. The summed E-state index contributed by atoms with van der Waals surface area (Å²) in [6.45, 7) is 10.5. The van der Waals surface area contributed by atoms with Gasteiger partial charge in [0.25, 0.3) is 0 Å². The number of ether oxygens (including phenoxy) is 1. The molecule has 0 saturated carbocycles. The van der Waals surface area contributed by atoms with Crippen LogP contribution in [0, 0.1) is 0 Å². The number of epoxide rings is 1. The average Bonchev–Trinajstić information content (AvgIpc) is 2.80. The van der Waals surface area contributed by atoms with E-state index in [0.717, 1.165) is 0 Å².